The first-order chi connectivity index (χ1) is 16.8. The fraction of sp³-hybridized carbons (Fsp3) is 0.435. The van der Waals surface area contributed by atoms with Crippen LogP contribution >= 0.6 is 11.3 Å². The molecule has 2 amide bonds. The number of nitrogens with zero attached hydrogens (tertiary/aromatic N) is 2. The van der Waals surface area contributed by atoms with Gasteiger partial charge in [0.1, 0.15) is 5.00 Å². The van der Waals surface area contributed by atoms with Crippen molar-refractivity contribution in [3.8, 4) is 0 Å². The number of piperidine rings is 1. The molecule has 4 rings (SSSR count). The van der Waals surface area contributed by atoms with E-state index in [1.807, 2.05) is 0 Å². The van der Waals surface area contributed by atoms with Crippen molar-refractivity contribution in [2.75, 3.05) is 39.2 Å². The van der Waals surface area contributed by atoms with Crippen LogP contribution in [0.25, 0.3) is 0 Å². The van der Waals surface area contributed by atoms with Crippen molar-refractivity contribution in [2.45, 2.75) is 37.1 Å². The molecule has 35 heavy (non-hydrogen) atoms. The number of carbonyl (C=O) groups is 3. The largest absolute Gasteiger partial charge is 0.465 e. The highest BCUT2D eigenvalue weighted by molar-refractivity contribution is 7.89. The molecule has 12 heteroatoms. The number of hydrogen-bond donors (Lipinski definition) is 1. The molecule has 10 nitrogen and oxygen atoms in total. The SMILES string of the molecule is COC(=O)c1c(NC(=O)c2ccc(S(=O)(=O)N3CCCCC3)cc2)sc2c1CCN(C(=O)OC)C2. The predicted molar refractivity (Wildman–Crippen MR) is 129 cm³/mol. The summed E-state index contributed by atoms with van der Waals surface area (Å²) < 4.78 is 36.9. The third-order valence-corrected chi connectivity index (χ3v) is 9.22. The van der Waals surface area contributed by atoms with Crippen molar-refractivity contribution in [3.05, 3.63) is 45.8 Å². The minimum Gasteiger partial charge on any atom is -0.465 e. The second-order valence-corrected chi connectivity index (χ2v) is 11.3. The van der Waals surface area contributed by atoms with Gasteiger partial charge >= 0.3 is 12.1 Å². The lowest BCUT2D eigenvalue weighted by Crippen LogP contribution is -2.35. The third-order valence-electron chi connectivity index (χ3n) is 6.18. The number of benzene rings is 1. The quantitative estimate of drug-likeness (QED) is 0.600. The van der Waals surface area contributed by atoms with E-state index in [0.717, 1.165) is 29.7 Å². The normalized spacial score (nSPS) is 16.3. The average molecular weight is 522 g/mol. The van der Waals surface area contributed by atoms with E-state index in [2.05, 4.69) is 5.32 Å². The molecule has 1 aromatic heterocycles. The van der Waals surface area contributed by atoms with Gasteiger partial charge in [-0.1, -0.05) is 6.42 Å². The molecule has 0 bridgehead atoms. The highest BCUT2D eigenvalue weighted by Crippen LogP contribution is 2.38. The zero-order valence-electron chi connectivity index (χ0n) is 19.5. The Balaban J connectivity index is 1.55. The van der Waals surface area contributed by atoms with E-state index in [9.17, 15) is 22.8 Å². The summed E-state index contributed by atoms with van der Waals surface area (Å²) in [5.74, 6) is -1.06. The predicted octanol–water partition coefficient (Wildman–Crippen LogP) is 3.09. The second-order valence-electron chi connectivity index (χ2n) is 8.28. The summed E-state index contributed by atoms with van der Waals surface area (Å²) in [4.78, 5) is 39.8. The first kappa shape index (κ1) is 25.1. The molecule has 2 aliphatic rings. The second kappa shape index (κ2) is 10.3. The molecular weight excluding hydrogens is 494 g/mol. The van der Waals surface area contributed by atoms with Crippen LogP contribution in [0.5, 0.6) is 0 Å². The van der Waals surface area contributed by atoms with Gasteiger partial charge in [-0.15, -0.1) is 11.3 Å². The van der Waals surface area contributed by atoms with Crippen molar-refractivity contribution >= 4 is 44.3 Å². The molecule has 0 spiro atoms. The Bertz CT molecular complexity index is 1230. The van der Waals surface area contributed by atoms with Gasteiger partial charge in [-0.25, -0.2) is 18.0 Å². The van der Waals surface area contributed by atoms with Crippen LogP contribution in [0, 0.1) is 0 Å². The van der Waals surface area contributed by atoms with Crippen LogP contribution in [0.1, 0.15) is 50.4 Å². The van der Waals surface area contributed by atoms with Gasteiger partial charge in [0.2, 0.25) is 10.0 Å². The van der Waals surface area contributed by atoms with Crippen molar-refractivity contribution < 1.29 is 32.3 Å². The molecule has 188 valence electrons. The summed E-state index contributed by atoms with van der Waals surface area (Å²) in [5.41, 5.74) is 1.26. The summed E-state index contributed by atoms with van der Waals surface area (Å²) in [6, 6.07) is 5.76. The third kappa shape index (κ3) is 5.04. The first-order valence-corrected chi connectivity index (χ1v) is 13.5. The number of amides is 2. The highest BCUT2D eigenvalue weighted by Gasteiger charge is 2.31. The highest BCUT2D eigenvalue weighted by atomic mass is 32.2. The maximum atomic E-state index is 13.0. The molecule has 3 heterocycles. The Kier molecular flexibility index (Phi) is 7.43. The maximum Gasteiger partial charge on any atom is 0.409 e. The van der Waals surface area contributed by atoms with Crippen LogP contribution in [-0.2, 0) is 32.5 Å². The molecule has 1 saturated heterocycles. The number of carbonyl (C=O) groups excluding carboxylic acids is 3. The lowest BCUT2D eigenvalue weighted by Gasteiger charge is -2.25. The fourth-order valence-electron chi connectivity index (χ4n) is 4.30. The first-order valence-electron chi connectivity index (χ1n) is 11.2. The van der Waals surface area contributed by atoms with E-state index in [1.54, 1.807) is 0 Å². The average Bonchev–Trinajstić information content (AvgIpc) is 3.25. The van der Waals surface area contributed by atoms with Crippen molar-refractivity contribution in [1.82, 2.24) is 9.21 Å². The van der Waals surface area contributed by atoms with Crippen LogP contribution in [0.3, 0.4) is 0 Å². The van der Waals surface area contributed by atoms with E-state index in [0.29, 0.717) is 31.1 Å². The number of hydrogen-bond acceptors (Lipinski definition) is 8. The number of fused-ring (bicyclic) bond motifs is 1. The molecule has 0 atom stereocenters. The molecule has 2 aromatic rings. The van der Waals surface area contributed by atoms with Crippen LogP contribution < -0.4 is 5.32 Å². The summed E-state index contributed by atoms with van der Waals surface area (Å²) >= 11 is 1.20. The minimum absolute atomic E-state index is 0.140. The lowest BCUT2D eigenvalue weighted by atomic mass is 10.0. The maximum absolute atomic E-state index is 13.0. The zero-order valence-corrected chi connectivity index (χ0v) is 21.2. The van der Waals surface area contributed by atoms with Crippen molar-refractivity contribution in [3.63, 3.8) is 0 Å². The van der Waals surface area contributed by atoms with Gasteiger partial charge in [0.15, 0.2) is 0 Å². The van der Waals surface area contributed by atoms with Gasteiger partial charge in [0.25, 0.3) is 5.91 Å². The van der Waals surface area contributed by atoms with Crippen LogP contribution in [0.15, 0.2) is 29.2 Å². The van der Waals surface area contributed by atoms with Gasteiger partial charge in [0, 0.05) is 30.1 Å². The molecule has 0 aliphatic carbocycles. The monoisotopic (exact) mass is 521 g/mol. The number of ether oxygens (including phenoxy) is 2. The standard InChI is InChI=1S/C23H27N3O7S2/c1-32-22(28)19-17-10-13-25(23(29)33-2)14-18(17)34-21(19)24-20(27)15-6-8-16(9-7-15)35(30,31)26-11-4-3-5-12-26/h6-9H,3-5,10-14H2,1-2H3,(H,24,27). The van der Waals surface area contributed by atoms with E-state index in [-0.39, 0.29) is 22.6 Å². The van der Waals surface area contributed by atoms with Crippen LogP contribution in [0.4, 0.5) is 9.80 Å². The molecule has 0 saturated carbocycles. The Morgan fingerprint density at radius 3 is 2.29 bits per heavy atom. The summed E-state index contributed by atoms with van der Waals surface area (Å²) in [5, 5.41) is 3.09. The van der Waals surface area contributed by atoms with Gasteiger partial charge in [-0.3, -0.25) is 4.79 Å². The Morgan fingerprint density at radius 1 is 0.971 bits per heavy atom. The van der Waals surface area contributed by atoms with Crippen molar-refractivity contribution in [1.29, 1.82) is 0 Å². The van der Waals surface area contributed by atoms with E-state index < -0.39 is 28.0 Å². The number of sulfonamides is 1. The topological polar surface area (TPSA) is 122 Å². The minimum atomic E-state index is -3.60. The van der Waals surface area contributed by atoms with Gasteiger partial charge < -0.3 is 19.7 Å². The number of nitrogens with one attached hydrogen (secondary N) is 1. The molecular formula is C23H27N3O7S2. The summed E-state index contributed by atoms with van der Waals surface area (Å²) in [6.45, 7) is 1.63. The summed E-state index contributed by atoms with van der Waals surface area (Å²) in [7, 11) is -1.03. The number of rotatable bonds is 5. The Hall–Kier alpha value is -2.96. The number of esters is 1. The smallest absolute Gasteiger partial charge is 0.409 e. The number of methoxy groups -OCH3 is 2. The van der Waals surface area contributed by atoms with E-state index in [1.165, 1.54) is 59.0 Å². The van der Waals surface area contributed by atoms with Crippen LogP contribution in [-0.4, -0.2) is 69.4 Å². The van der Waals surface area contributed by atoms with E-state index >= 15 is 0 Å². The molecule has 1 aromatic carbocycles. The van der Waals surface area contributed by atoms with Gasteiger partial charge in [-0.05, 0) is 49.1 Å². The number of anilines is 1. The molecule has 2 aliphatic heterocycles. The Morgan fingerprint density at radius 2 is 1.66 bits per heavy atom. The Labute approximate surface area is 207 Å². The number of thiophene rings is 1. The summed E-state index contributed by atoms with van der Waals surface area (Å²) in [6.07, 6.45) is 2.65. The van der Waals surface area contributed by atoms with Crippen LogP contribution in [0.2, 0.25) is 0 Å². The molecule has 1 fully saturated rings. The molecule has 0 radical (unpaired) electrons. The zero-order chi connectivity index (χ0) is 25.2. The molecule has 0 unspecified atom stereocenters. The van der Waals surface area contributed by atoms with Crippen molar-refractivity contribution in [2.24, 2.45) is 0 Å². The van der Waals surface area contributed by atoms with Gasteiger partial charge in [0.05, 0.1) is 31.2 Å². The fourth-order valence-corrected chi connectivity index (χ4v) is 7.07. The van der Waals surface area contributed by atoms with Gasteiger partial charge in [-0.2, -0.15) is 4.31 Å². The lowest BCUT2D eigenvalue weighted by molar-refractivity contribution is 0.0600. The molecule has 1 N–H and O–H groups in total. The van der Waals surface area contributed by atoms with E-state index in [4.69, 9.17) is 9.47 Å².